The predicted molar refractivity (Wildman–Crippen MR) is 118 cm³/mol. The van der Waals surface area contributed by atoms with Crippen molar-refractivity contribution >= 4 is 41.3 Å². The first-order chi connectivity index (χ1) is 12.1. The third-order valence-electron chi connectivity index (χ3n) is 3.97. The highest BCUT2D eigenvalue weighted by atomic mass is 127. The van der Waals surface area contributed by atoms with E-state index in [9.17, 15) is 0 Å². The molecule has 2 aromatic rings. The number of thiophene rings is 1. The number of fused-ring (bicyclic) bond motifs is 1. The van der Waals surface area contributed by atoms with Crippen LogP contribution in [0, 0.1) is 6.92 Å². The number of guanidine groups is 1. The van der Waals surface area contributed by atoms with Crippen molar-refractivity contribution in [3.8, 4) is 11.5 Å². The van der Waals surface area contributed by atoms with Crippen LogP contribution in [-0.4, -0.2) is 38.3 Å². The number of hydrogen-bond acceptors (Lipinski definition) is 4. The van der Waals surface area contributed by atoms with E-state index in [1.54, 1.807) is 7.05 Å². The highest BCUT2D eigenvalue weighted by molar-refractivity contribution is 14.0. The number of rotatable bonds is 5. The van der Waals surface area contributed by atoms with Gasteiger partial charge in [-0.3, -0.25) is 4.99 Å². The molecule has 1 aromatic carbocycles. The normalized spacial score (nSPS) is 17.2. The lowest BCUT2D eigenvalue weighted by Gasteiger charge is -2.27. The fraction of sp³-hybridized carbons (Fsp3) is 0.421. The molecule has 0 bridgehead atoms. The Morgan fingerprint density at radius 2 is 2.04 bits per heavy atom. The highest BCUT2D eigenvalue weighted by Crippen LogP contribution is 2.30. The van der Waals surface area contributed by atoms with Gasteiger partial charge in [0, 0.05) is 29.3 Å². The second-order valence-electron chi connectivity index (χ2n) is 6.21. The SMILES string of the molecule is CN=C(NCC1COc2ccccc2O1)NC(C)Cc1ccc(C)s1.I. The maximum atomic E-state index is 5.96. The molecule has 142 valence electrons. The largest absolute Gasteiger partial charge is 0.486 e. The smallest absolute Gasteiger partial charge is 0.191 e. The van der Waals surface area contributed by atoms with Crippen LogP contribution in [-0.2, 0) is 6.42 Å². The topological polar surface area (TPSA) is 54.9 Å². The zero-order valence-electron chi connectivity index (χ0n) is 15.3. The number of hydrogen-bond donors (Lipinski definition) is 2. The van der Waals surface area contributed by atoms with Crippen LogP contribution in [0.3, 0.4) is 0 Å². The summed E-state index contributed by atoms with van der Waals surface area (Å²) in [4.78, 5) is 7.03. The fourth-order valence-corrected chi connectivity index (χ4v) is 3.77. The van der Waals surface area contributed by atoms with Gasteiger partial charge in [-0.25, -0.2) is 0 Å². The molecule has 0 spiro atoms. The van der Waals surface area contributed by atoms with E-state index >= 15 is 0 Å². The molecule has 2 heterocycles. The Morgan fingerprint density at radius 3 is 2.73 bits per heavy atom. The zero-order chi connectivity index (χ0) is 17.6. The van der Waals surface area contributed by atoms with E-state index in [0.717, 1.165) is 23.9 Å². The highest BCUT2D eigenvalue weighted by Gasteiger charge is 2.20. The molecule has 0 fully saturated rings. The van der Waals surface area contributed by atoms with Crippen molar-refractivity contribution < 1.29 is 9.47 Å². The van der Waals surface area contributed by atoms with Gasteiger partial charge >= 0.3 is 0 Å². The Bertz CT molecular complexity index is 735. The molecule has 3 rings (SSSR count). The molecule has 0 aliphatic carbocycles. The fourth-order valence-electron chi connectivity index (χ4n) is 2.75. The minimum atomic E-state index is -0.0382. The van der Waals surface area contributed by atoms with Gasteiger partial charge in [-0.1, -0.05) is 12.1 Å². The molecule has 2 N–H and O–H groups in total. The summed E-state index contributed by atoms with van der Waals surface area (Å²) in [7, 11) is 1.78. The quantitative estimate of drug-likeness (QED) is 0.385. The molecule has 1 aromatic heterocycles. The van der Waals surface area contributed by atoms with Crippen molar-refractivity contribution in [3.63, 3.8) is 0 Å². The molecular weight excluding hydrogens is 461 g/mol. The summed E-state index contributed by atoms with van der Waals surface area (Å²) in [5.41, 5.74) is 0. The van der Waals surface area contributed by atoms with Crippen LogP contribution in [0.4, 0.5) is 0 Å². The van der Waals surface area contributed by atoms with Crippen molar-refractivity contribution in [1.29, 1.82) is 0 Å². The Labute approximate surface area is 176 Å². The molecule has 5 nitrogen and oxygen atoms in total. The lowest BCUT2D eigenvalue weighted by molar-refractivity contribution is 0.0936. The summed E-state index contributed by atoms with van der Waals surface area (Å²) in [6.45, 7) is 5.47. The van der Waals surface area contributed by atoms with E-state index in [2.05, 4.69) is 41.6 Å². The average Bonchev–Trinajstić information content (AvgIpc) is 3.03. The molecule has 2 atom stereocenters. The number of para-hydroxylation sites is 2. The van der Waals surface area contributed by atoms with E-state index in [-0.39, 0.29) is 30.1 Å². The molecule has 0 saturated carbocycles. The van der Waals surface area contributed by atoms with Gasteiger partial charge in [0.1, 0.15) is 12.7 Å². The van der Waals surface area contributed by atoms with Crippen LogP contribution in [0.2, 0.25) is 0 Å². The van der Waals surface area contributed by atoms with Crippen LogP contribution in [0.5, 0.6) is 11.5 Å². The first kappa shape index (κ1) is 20.8. The lowest BCUT2D eigenvalue weighted by atomic mass is 10.2. The summed E-state index contributed by atoms with van der Waals surface area (Å²) in [6, 6.07) is 12.4. The van der Waals surface area contributed by atoms with E-state index in [4.69, 9.17) is 9.47 Å². The number of aryl methyl sites for hydroxylation is 1. The number of aliphatic imine (C=N–C) groups is 1. The summed E-state index contributed by atoms with van der Waals surface area (Å²) in [5, 5.41) is 6.76. The van der Waals surface area contributed by atoms with E-state index in [0.29, 0.717) is 19.2 Å². The molecule has 0 radical (unpaired) electrons. The summed E-state index contributed by atoms with van der Waals surface area (Å²) in [5.74, 6) is 2.38. The van der Waals surface area contributed by atoms with Crippen molar-refractivity contribution in [2.24, 2.45) is 4.99 Å². The minimum Gasteiger partial charge on any atom is -0.486 e. The second kappa shape index (κ2) is 10.0. The van der Waals surface area contributed by atoms with Gasteiger partial charge in [0.25, 0.3) is 0 Å². The van der Waals surface area contributed by atoms with Crippen LogP contribution in [0.15, 0.2) is 41.4 Å². The van der Waals surface area contributed by atoms with Gasteiger partial charge in [0.05, 0.1) is 6.54 Å². The second-order valence-corrected chi connectivity index (χ2v) is 7.59. The minimum absolute atomic E-state index is 0. The average molecular weight is 487 g/mol. The third kappa shape index (κ3) is 5.77. The number of ether oxygens (including phenoxy) is 2. The van der Waals surface area contributed by atoms with Crippen molar-refractivity contribution in [2.75, 3.05) is 20.2 Å². The Morgan fingerprint density at radius 1 is 1.27 bits per heavy atom. The predicted octanol–water partition coefficient (Wildman–Crippen LogP) is 3.61. The molecule has 2 unspecified atom stereocenters. The first-order valence-electron chi connectivity index (χ1n) is 8.55. The van der Waals surface area contributed by atoms with Crippen molar-refractivity contribution in [2.45, 2.75) is 32.4 Å². The molecule has 1 aliphatic heterocycles. The molecular formula is C19H26IN3O2S. The monoisotopic (exact) mass is 487 g/mol. The van der Waals surface area contributed by atoms with Crippen LogP contribution in [0.25, 0.3) is 0 Å². The van der Waals surface area contributed by atoms with E-state index in [1.807, 2.05) is 35.6 Å². The van der Waals surface area contributed by atoms with Gasteiger partial charge in [-0.15, -0.1) is 35.3 Å². The zero-order valence-corrected chi connectivity index (χ0v) is 18.5. The molecule has 26 heavy (non-hydrogen) atoms. The standard InChI is InChI=1S/C19H25N3O2S.HI/c1-13(10-16-9-8-14(2)25-16)22-19(20-3)21-11-15-12-23-17-6-4-5-7-18(17)24-15;/h4-9,13,15H,10-12H2,1-3H3,(H2,20,21,22);1H. The van der Waals surface area contributed by atoms with Crippen molar-refractivity contribution in [1.82, 2.24) is 10.6 Å². The summed E-state index contributed by atoms with van der Waals surface area (Å²) < 4.78 is 11.7. The van der Waals surface area contributed by atoms with Crippen LogP contribution in [0.1, 0.15) is 16.7 Å². The maximum absolute atomic E-state index is 5.96. The van der Waals surface area contributed by atoms with Crippen LogP contribution >= 0.6 is 35.3 Å². The molecule has 1 aliphatic rings. The van der Waals surface area contributed by atoms with Crippen LogP contribution < -0.4 is 20.1 Å². The number of benzene rings is 1. The Balaban J connectivity index is 0.00000243. The first-order valence-corrected chi connectivity index (χ1v) is 9.36. The van der Waals surface area contributed by atoms with Gasteiger partial charge < -0.3 is 20.1 Å². The van der Waals surface area contributed by atoms with Crippen molar-refractivity contribution in [3.05, 3.63) is 46.2 Å². The summed E-state index contributed by atoms with van der Waals surface area (Å²) >= 11 is 1.84. The van der Waals surface area contributed by atoms with Gasteiger partial charge in [-0.2, -0.15) is 0 Å². The Hall–Kier alpha value is -1.48. The number of nitrogens with zero attached hydrogens (tertiary/aromatic N) is 1. The van der Waals surface area contributed by atoms with Gasteiger partial charge in [0.15, 0.2) is 17.5 Å². The summed E-state index contributed by atoms with van der Waals surface area (Å²) in [6.07, 6.45) is 0.944. The van der Waals surface area contributed by atoms with E-state index in [1.165, 1.54) is 9.75 Å². The lowest BCUT2D eigenvalue weighted by Crippen LogP contribution is -2.48. The van der Waals surface area contributed by atoms with Gasteiger partial charge in [0.2, 0.25) is 0 Å². The Kier molecular flexibility index (Phi) is 8.02. The number of nitrogens with one attached hydrogen (secondary N) is 2. The maximum Gasteiger partial charge on any atom is 0.191 e. The van der Waals surface area contributed by atoms with E-state index < -0.39 is 0 Å². The molecule has 0 saturated heterocycles. The molecule has 0 amide bonds. The van der Waals surface area contributed by atoms with Gasteiger partial charge in [-0.05, 0) is 38.1 Å². The number of halogens is 1. The molecule has 7 heteroatoms. The third-order valence-corrected chi connectivity index (χ3v) is 5.00.